The van der Waals surface area contributed by atoms with Gasteiger partial charge in [-0.1, -0.05) is 12.1 Å². The maximum atomic E-state index is 6.02. The molecule has 0 saturated carbocycles. The topological polar surface area (TPSA) is 44.7 Å². The molecule has 2 heterocycles. The van der Waals surface area contributed by atoms with E-state index in [2.05, 4.69) is 35.8 Å². The Hall–Kier alpha value is -1.92. The van der Waals surface area contributed by atoms with Crippen LogP contribution in [0.1, 0.15) is 6.42 Å². The van der Waals surface area contributed by atoms with Gasteiger partial charge < -0.3 is 19.4 Å². The summed E-state index contributed by atoms with van der Waals surface area (Å²) in [6.07, 6.45) is 0.976. The molecule has 6 heteroatoms. The van der Waals surface area contributed by atoms with E-state index in [-0.39, 0.29) is 0 Å². The molecule has 24 heavy (non-hydrogen) atoms. The van der Waals surface area contributed by atoms with Crippen LogP contribution in [-0.4, -0.2) is 80.2 Å². The third kappa shape index (κ3) is 4.13. The lowest BCUT2D eigenvalue weighted by Crippen LogP contribution is -2.45. The highest BCUT2D eigenvalue weighted by Gasteiger charge is 2.21. The first-order valence-electron chi connectivity index (χ1n) is 8.61. The van der Waals surface area contributed by atoms with Crippen LogP contribution in [0.15, 0.2) is 24.3 Å². The van der Waals surface area contributed by atoms with E-state index in [1.807, 2.05) is 24.3 Å². The molecule has 1 saturated heterocycles. The molecule has 0 unspecified atom stereocenters. The number of rotatable bonds is 6. The summed E-state index contributed by atoms with van der Waals surface area (Å²) in [6, 6.07) is 7.99. The molecule has 1 aliphatic rings. The van der Waals surface area contributed by atoms with Gasteiger partial charge in [-0.2, -0.15) is 0 Å². The van der Waals surface area contributed by atoms with Gasteiger partial charge in [0.25, 0.3) is 5.88 Å². The molecule has 1 aliphatic heterocycles. The van der Waals surface area contributed by atoms with Crippen molar-refractivity contribution in [3.63, 3.8) is 0 Å². The van der Waals surface area contributed by atoms with Crippen molar-refractivity contribution >= 4 is 16.9 Å². The Morgan fingerprint density at radius 2 is 1.71 bits per heavy atom. The largest absolute Gasteiger partial charge is 0.475 e. The van der Waals surface area contributed by atoms with E-state index in [0.717, 1.165) is 56.0 Å². The van der Waals surface area contributed by atoms with E-state index in [9.17, 15) is 0 Å². The van der Waals surface area contributed by atoms with Gasteiger partial charge in [-0.3, -0.25) is 0 Å². The number of piperazine rings is 1. The molecule has 1 aromatic carbocycles. The van der Waals surface area contributed by atoms with E-state index in [0.29, 0.717) is 12.5 Å². The molecule has 1 fully saturated rings. The predicted molar refractivity (Wildman–Crippen MR) is 97.9 cm³/mol. The second kappa shape index (κ2) is 7.77. The zero-order chi connectivity index (χ0) is 16.9. The van der Waals surface area contributed by atoms with Gasteiger partial charge in [-0.25, -0.2) is 9.97 Å². The summed E-state index contributed by atoms with van der Waals surface area (Å²) in [7, 11) is 6.30. The lowest BCUT2D eigenvalue weighted by Gasteiger charge is -2.33. The van der Waals surface area contributed by atoms with Crippen LogP contribution in [0.25, 0.3) is 11.0 Å². The number of aromatic nitrogens is 2. The fourth-order valence-corrected chi connectivity index (χ4v) is 2.85. The number of anilines is 1. The molecule has 0 bridgehead atoms. The van der Waals surface area contributed by atoms with Crippen molar-refractivity contribution in [1.82, 2.24) is 19.8 Å². The molecule has 0 radical (unpaired) electrons. The molecule has 0 aliphatic carbocycles. The first-order chi connectivity index (χ1) is 11.6. The summed E-state index contributed by atoms with van der Waals surface area (Å²) in [5, 5.41) is 0. The van der Waals surface area contributed by atoms with Crippen LogP contribution in [0.4, 0.5) is 5.82 Å². The van der Waals surface area contributed by atoms with Gasteiger partial charge in [0, 0.05) is 32.7 Å². The first-order valence-corrected chi connectivity index (χ1v) is 8.61. The minimum atomic E-state index is 0.659. The van der Waals surface area contributed by atoms with E-state index in [4.69, 9.17) is 14.7 Å². The molecule has 2 aromatic rings. The second-order valence-corrected chi connectivity index (χ2v) is 6.64. The average molecular weight is 329 g/mol. The van der Waals surface area contributed by atoms with Crippen molar-refractivity contribution in [1.29, 1.82) is 0 Å². The smallest absolute Gasteiger partial charge is 0.258 e. The highest BCUT2D eigenvalue weighted by molar-refractivity contribution is 5.77. The van der Waals surface area contributed by atoms with Crippen LogP contribution >= 0.6 is 0 Å². The molecule has 0 spiro atoms. The fourth-order valence-electron chi connectivity index (χ4n) is 2.85. The zero-order valence-corrected chi connectivity index (χ0v) is 14.9. The summed E-state index contributed by atoms with van der Waals surface area (Å²) < 4.78 is 6.02. The molecule has 0 amide bonds. The summed E-state index contributed by atoms with van der Waals surface area (Å²) in [5.41, 5.74) is 1.81. The maximum absolute atomic E-state index is 6.02. The van der Waals surface area contributed by atoms with Crippen LogP contribution in [-0.2, 0) is 0 Å². The quantitative estimate of drug-likeness (QED) is 0.752. The van der Waals surface area contributed by atoms with Crippen molar-refractivity contribution in [3.8, 4) is 5.88 Å². The van der Waals surface area contributed by atoms with Crippen molar-refractivity contribution in [2.24, 2.45) is 0 Å². The third-order valence-electron chi connectivity index (χ3n) is 4.31. The number of ether oxygens (including phenoxy) is 1. The lowest BCUT2D eigenvalue weighted by atomic mass is 10.3. The molecule has 0 atom stereocenters. The Kier molecular flexibility index (Phi) is 5.48. The van der Waals surface area contributed by atoms with Crippen molar-refractivity contribution in [3.05, 3.63) is 24.3 Å². The Balaban J connectivity index is 1.82. The van der Waals surface area contributed by atoms with Crippen LogP contribution in [0, 0.1) is 0 Å². The third-order valence-corrected chi connectivity index (χ3v) is 4.31. The van der Waals surface area contributed by atoms with Crippen LogP contribution in [0.3, 0.4) is 0 Å². The van der Waals surface area contributed by atoms with Gasteiger partial charge in [-0.15, -0.1) is 0 Å². The summed E-state index contributed by atoms with van der Waals surface area (Å²) in [4.78, 5) is 16.4. The van der Waals surface area contributed by atoms with Crippen LogP contribution in [0.2, 0.25) is 0 Å². The summed E-state index contributed by atoms with van der Waals surface area (Å²) >= 11 is 0. The van der Waals surface area contributed by atoms with E-state index in [1.54, 1.807) is 0 Å². The van der Waals surface area contributed by atoms with Gasteiger partial charge in [0.05, 0.1) is 17.6 Å². The van der Waals surface area contributed by atoms with Crippen LogP contribution < -0.4 is 9.64 Å². The Bertz CT molecular complexity index is 668. The molecule has 0 N–H and O–H groups in total. The molecule has 3 rings (SSSR count). The lowest BCUT2D eigenvalue weighted by molar-refractivity contribution is 0.270. The van der Waals surface area contributed by atoms with Gasteiger partial charge in [0.15, 0.2) is 5.82 Å². The molecular weight excluding hydrogens is 302 g/mol. The maximum Gasteiger partial charge on any atom is 0.258 e. The van der Waals surface area contributed by atoms with Crippen molar-refractivity contribution < 1.29 is 4.74 Å². The minimum absolute atomic E-state index is 0.659. The fraction of sp³-hybridized carbons (Fsp3) is 0.556. The molecule has 130 valence electrons. The van der Waals surface area contributed by atoms with Crippen LogP contribution in [0.5, 0.6) is 5.88 Å². The van der Waals surface area contributed by atoms with Crippen molar-refractivity contribution in [2.45, 2.75) is 6.42 Å². The Labute approximate surface area is 144 Å². The number of nitrogens with zero attached hydrogens (tertiary/aromatic N) is 5. The average Bonchev–Trinajstić information content (AvgIpc) is 2.58. The molecule has 1 aromatic heterocycles. The SMILES string of the molecule is CN(C)CCCOc1nc2ccccc2nc1N1CCN(C)CC1. The number of hydrogen-bond acceptors (Lipinski definition) is 6. The number of fused-ring (bicyclic) bond motifs is 1. The van der Waals surface area contributed by atoms with E-state index >= 15 is 0 Å². The zero-order valence-electron chi connectivity index (χ0n) is 14.9. The Morgan fingerprint density at radius 3 is 2.38 bits per heavy atom. The van der Waals surface area contributed by atoms with Crippen molar-refractivity contribution in [2.75, 3.05) is 65.4 Å². The standard InChI is InChI=1S/C18H27N5O/c1-21(2)9-6-14-24-18-17(23-12-10-22(3)11-13-23)19-15-7-4-5-8-16(15)20-18/h4-5,7-8H,6,9-14H2,1-3H3. The first kappa shape index (κ1) is 16.9. The predicted octanol–water partition coefficient (Wildman–Crippen LogP) is 1.71. The van der Waals surface area contributed by atoms with E-state index < -0.39 is 0 Å². The normalized spacial score (nSPS) is 16.1. The van der Waals surface area contributed by atoms with Gasteiger partial charge in [-0.05, 0) is 39.7 Å². The second-order valence-electron chi connectivity index (χ2n) is 6.64. The monoisotopic (exact) mass is 329 g/mol. The highest BCUT2D eigenvalue weighted by Crippen LogP contribution is 2.27. The molecule has 6 nitrogen and oxygen atoms in total. The Morgan fingerprint density at radius 1 is 1.04 bits per heavy atom. The molecular formula is C18H27N5O. The number of benzene rings is 1. The summed E-state index contributed by atoms with van der Waals surface area (Å²) in [6.45, 7) is 5.65. The minimum Gasteiger partial charge on any atom is -0.475 e. The number of likely N-dealkylation sites (N-methyl/N-ethyl adjacent to an activating group) is 1. The number of para-hydroxylation sites is 2. The van der Waals surface area contributed by atoms with Gasteiger partial charge in [0.2, 0.25) is 0 Å². The van der Waals surface area contributed by atoms with Gasteiger partial charge in [0.1, 0.15) is 0 Å². The number of hydrogen-bond donors (Lipinski definition) is 0. The highest BCUT2D eigenvalue weighted by atomic mass is 16.5. The van der Waals surface area contributed by atoms with E-state index in [1.165, 1.54) is 0 Å². The summed E-state index contributed by atoms with van der Waals surface area (Å²) in [5.74, 6) is 1.55. The van der Waals surface area contributed by atoms with Gasteiger partial charge >= 0.3 is 0 Å².